The molecular weight excluding hydrogens is 260 g/mol. The molecule has 1 atom stereocenters. The highest BCUT2D eigenvalue weighted by Gasteiger charge is 2.43. The second-order valence-electron chi connectivity index (χ2n) is 4.83. The first kappa shape index (κ1) is 18.6. The van der Waals surface area contributed by atoms with Gasteiger partial charge in [-0.25, -0.2) is 0 Å². The molecule has 0 radical (unpaired) electrons. The Hall–Kier alpha value is -0.393. The molecule has 0 aromatic carbocycles. The Morgan fingerprint density at radius 2 is 1.63 bits per heavy atom. The normalized spacial score (nSPS) is 13.3. The Balaban J connectivity index is 4.19. The van der Waals surface area contributed by atoms with E-state index in [1.165, 1.54) is 12.8 Å². The van der Waals surface area contributed by atoms with E-state index >= 15 is 0 Å². The van der Waals surface area contributed by atoms with Gasteiger partial charge in [0.2, 0.25) is 0 Å². The Kier molecular flexibility index (Phi) is 10.2. The molecule has 0 aromatic rings. The molecule has 0 aliphatic heterocycles. The Morgan fingerprint density at radius 1 is 1.05 bits per heavy atom. The van der Waals surface area contributed by atoms with Crippen LogP contribution in [0.1, 0.15) is 53.4 Å². The molecule has 0 fully saturated rings. The van der Waals surface area contributed by atoms with Gasteiger partial charge in [-0.1, -0.05) is 26.2 Å². The van der Waals surface area contributed by atoms with E-state index in [0.29, 0.717) is 19.8 Å². The van der Waals surface area contributed by atoms with Crippen LogP contribution < -0.4 is 0 Å². The van der Waals surface area contributed by atoms with Crippen LogP contribution in [0.2, 0.25) is 12.1 Å². The van der Waals surface area contributed by atoms with E-state index in [1.807, 2.05) is 27.3 Å². The first-order chi connectivity index (χ1) is 9.01. The van der Waals surface area contributed by atoms with E-state index in [2.05, 4.69) is 6.92 Å². The van der Waals surface area contributed by atoms with Gasteiger partial charge < -0.3 is 13.6 Å². The molecule has 1 unspecified atom stereocenters. The summed E-state index contributed by atoms with van der Waals surface area (Å²) in [4.78, 5) is 12.0. The van der Waals surface area contributed by atoms with E-state index in [0.717, 1.165) is 12.8 Å². The average Bonchev–Trinajstić information content (AvgIpc) is 2.38. The first-order valence-electron chi connectivity index (χ1n) is 7.46. The van der Waals surface area contributed by atoms with Gasteiger partial charge in [0.15, 0.2) is 0 Å². The van der Waals surface area contributed by atoms with Crippen molar-refractivity contribution in [2.75, 3.05) is 19.8 Å². The van der Waals surface area contributed by atoms with Crippen molar-refractivity contribution in [3.05, 3.63) is 0 Å². The van der Waals surface area contributed by atoms with Gasteiger partial charge in [-0.05, 0) is 33.7 Å². The minimum Gasteiger partial charge on any atom is -0.466 e. The number of carbonyl (C=O) groups excluding carboxylic acids is 1. The summed E-state index contributed by atoms with van der Waals surface area (Å²) in [5.41, 5.74) is -0.293. The predicted octanol–water partition coefficient (Wildman–Crippen LogP) is 3.65. The fraction of sp³-hybridized carbons (Fsp3) is 0.929. The van der Waals surface area contributed by atoms with Crippen molar-refractivity contribution >= 4 is 14.5 Å². The zero-order chi connectivity index (χ0) is 14.7. The number of hydrogen-bond donors (Lipinski definition) is 0. The van der Waals surface area contributed by atoms with Crippen molar-refractivity contribution in [2.45, 2.75) is 65.5 Å². The summed E-state index contributed by atoms with van der Waals surface area (Å²) in [5.74, 6) is -0.187. The van der Waals surface area contributed by atoms with Crippen molar-refractivity contribution in [3.63, 3.8) is 0 Å². The molecule has 5 heteroatoms. The SMILES string of the molecule is CCCCCCOC(=O)C(C)[Si](C)(OCC)OCC. The third kappa shape index (κ3) is 7.08. The number of esters is 1. The van der Waals surface area contributed by atoms with Crippen molar-refractivity contribution in [1.29, 1.82) is 0 Å². The summed E-state index contributed by atoms with van der Waals surface area (Å²) in [5, 5.41) is 0. The van der Waals surface area contributed by atoms with Crippen LogP contribution in [0.3, 0.4) is 0 Å². The lowest BCUT2D eigenvalue weighted by atomic mass is 10.2. The van der Waals surface area contributed by atoms with Crippen LogP contribution in [0.5, 0.6) is 0 Å². The van der Waals surface area contributed by atoms with Gasteiger partial charge in [-0.3, -0.25) is 4.79 Å². The highest BCUT2D eigenvalue weighted by atomic mass is 28.4. The van der Waals surface area contributed by atoms with Crippen LogP contribution in [0.25, 0.3) is 0 Å². The van der Waals surface area contributed by atoms with Crippen LogP contribution in [-0.4, -0.2) is 34.4 Å². The number of hydrogen-bond acceptors (Lipinski definition) is 4. The fourth-order valence-electron chi connectivity index (χ4n) is 1.91. The van der Waals surface area contributed by atoms with Gasteiger partial charge >= 0.3 is 14.5 Å². The van der Waals surface area contributed by atoms with Gasteiger partial charge in [-0.2, -0.15) is 0 Å². The van der Waals surface area contributed by atoms with Crippen molar-refractivity contribution in [3.8, 4) is 0 Å². The van der Waals surface area contributed by atoms with Crippen LogP contribution in [0.15, 0.2) is 0 Å². The standard InChI is InChI=1S/C14H30O4Si/c1-6-9-10-11-12-16-14(15)13(4)19(5,17-7-2)18-8-3/h13H,6-12H2,1-5H3. The largest absolute Gasteiger partial charge is 0.466 e. The summed E-state index contributed by atoms with van der Waals surface area (Å²) in [6.07, 6.45) is 4.43. The maximum atomic E-state index is 12.0. The minimum absolute atomic E-state index is 0.187. The molecule has 0 aliphatic rings. The van der Waals surface area contributed by atoms with Gasteiger partial charge in [-0.15, -0.1) is 0 Å². The number of carbonyl (C=O) groups is 1. The number of rotatable bonds is 11. The summed E-state index contributed by atoms with van der Waals surface area (Å²) in [6, 6.07) is 0. The Bertz CT molecular complexity index is 240. The molecule has 0 bridgehead atoms. The Labute approximate surface area is 119 Å². The topological polar surface area (TPSA) is 44.8 Å². The third-order valence-electron chi connectivity index (χ3n) is 3.24. The second-order valence-corrected chi connectivity index (χ2v) is 8.31. The maximum absolute atomic E-state index is 12.0. The van der Waals surface area contributed by atoms with Gasteiger partial charge in [0.05, 0.1) is 12.1 Å². The molecule has 0 rings (SSSR count). The lowest BCUT2D eigenvalue weighted by molar-refractivity contribution is -0.144. The van der Waals surface area contributed by atoms with E-state index in [4.69, 9.17) is 13.6 Å². The first-order valence-corrected chi connectivity index (χ1v) is 9.85. The molecule has 0 saturated heterocycles. The number of unbranched alkanes of at least 4 members (excludes halogenated alkanes) is 3. The van der Waals surface area contributed by atoms with Crippen molar-refractivity contribution < 1.29 is 18.4 Å². The molecule has 0 N–H and O–H groups in total. The zero-order valence-corrected chi connectivity index (χ0v) is 14.2. The average molecular weight is 290 g/mol. The summed E-state index contributed by atoms with van der Waals surface area (Å²) in [7, 11) is -2.47. The molecule has 0 aromatic heterocycles. The zero-order valence-electron chi connectivity index (χ0n) is 13.2. The minimum atomic E-state index is -2.47. The molecule has 19 heavy (non-hydrogen) atoms. The Morgan fingerprint density at radius 3 is 2.11 bits per heavy atom. The smallest absolute Gasteiger partial charge is 0.349 e. The molecule has 0 amide bonds. The van der Waals surface area contributed by atoms with Crippen molar-refractivity contribution in [2.24, 2.45) is 0 Å². The third-order valence-corrected chi connectivity index (χ3v) is 6.78. The molecule has 0 heterocycles. The highest BCUT2D eigenvalue weighted by molar-refractivity contribution is 6.70. The van der Waals surface area contributed by atoms with Crippen LogP contribution in [-0.2, 0) is 18.4 Å². The van der Waals surface area contributed by atoms with Crippen LogP contribution >= 0.6 is 0 Å². The van der Waals surface area contributed by atoms with Gasteiger partial charge in [0.25, 0.3) is 0 Å². The number of ether oxygens (including phenoxy) is 1. The van der Waals surface area contributed by atoms with Gasteiger partial charge in [0, 0.05) is 13.2 Å². The molecule has 114 valence electrons. The summed E-state index contributed by atoms with van der Waals surface area (Å²) >= 11 is 0. The maximum Gasteiger partial charge on any atom is 0.349 e. The van der Waals surface area contributed by atoms with E-state index < -0.39 is 8.56 Å². The quantitative estimate of drug-likeness (QED) is 0.331. The second kappa shape index (κ2) is 10.4. The lowest BCUT2D eigenvalue weighted by Crippen LogP contribution is -2.46. The molecule has 0 spiro atoms. The van der Waals surface area contributed by atoms with Crippen molar-refractivity contribution in [1.82, 2.24) is 0 Å². The van der Waals surface area contributed by atoms with E-state index in [9.17, 15) is 4.79 Å². The van der Waals surface area contributed by atoms with Crippen LogP contribution in [0.4, 0.5) is 0 Å². The van der Waals surface area contributed by atoms with E-state index in [1.54, 1.807) is 0 Å². The van der Waals surface area contributed by atoms with E-state index in [-0.39, 0.29) is 11.5 Å². The fourth-order valence-corrected chi connectivity index (χ4v) is 4.15. The van der Waals surface area contributed by atoms with Crippen LogP contribution in [0, 0.1) is 0 Å². The van der Waals surface area contributed by atoms with Gasteiger partial charge in [0.1, 0.15) is 0 Å². The highest BCUT2D eigenvalue weighted by Crippen LogP contribution is 2.25. The predicted molar refractivity (Wildman–Crippen MR) is 79.4 cm³/mol. The monoisotopic (exact) mass is 290 g/mol. The summed E-state index contributed by atoms with van der Waals surface area (Å²) in [6.45, 7) is 11.4. The summed E-state index contributed by atoms with van der Waals surface area (Å²) < 4.78 is 16.8. The molecule has 0 aliphatic carbocycles. The molecule has 4 nitrogen and oxygen atoms in total. The molecule has 0 saturated carbocycles. The lowest BCUT2D eigenvalue weighted by Gasteiger charge is -2.30. The molecular formula is C14H30O4Si.